The van der Waals surface area contributed by atoms with Crippen LogP contribution in [-0.2, 0) is 16.6 Å². The van der Waals surface area contributed by atoms with Crippen LogP contribution in [0.2, 0.25) is 0 Å². The van der Waals surface area contributed by atoms with E-state index in [0.717, 1.165) is 13.1 Å². The molecule has 130 valence electrons. The first kappa shape index (κ1) is 21.4. The molecule has 0 aliphatic carbocycles. The maximum absolute atomic E-state index is 12.5. The molecular weight excluding hydrogens is 324 g/mol. The first-order valence-electron chi connectivity index (χ1n) is 7.46. The molecule has 0 saturated heterocycles. The Labute approximate surface area is 140 Å². The van der Waals surface area contributed by atoms with Crippen LogP contribution < -0.4 is 10.0 Å². The van der Waals surface area contributed by atoms with Gasteiger partial charge in [0.1, 0.15) is 4.90 Å². The molecule has 1 atom stereocenters. The third kappa shape index (κ3) is 5.53. The number of hydrogen-bond donors (Lipinski definition) is 2. The highest BCUT2D eigenvalue weighted by atomic mass is 35.5. The maximum atomic E-state index is 12.5. The predicted molar refractivity (Wildman–Crippen MR) is 92.1 cm³/mol. The Morgan fingerprint density at radius 2 is 1.82 bits per heavy atom. The van der Waals surface area contributed by atoms with Crippen LogP contribution in [0.4, 0.5) is 0 Å². The summed E-state index contributed by atoms with van der Waals surface area (Å²) in [6.45, 7) is 13.6. The van der Waals surface area contributed by atoms with Gasteiger partial charge in [0.25, 0.3) is 0 Å². The molecule has 1 aromatic heterocycles. The van der Waals surface area contributed by atoms with Crippen LogP contribution in [0.15, 0.2) is 4.90 Å². The zero-order valence-corrected chi connectivity index (χ0v) is 15.9. The van der Waals surface area contributed by atoms with Crippen molar-refractivity contribution in [3.8, 4) is 0 Å². The number of nitrogens with zero attached hydrogens (tertiary/aromatic N) is 2. The van der Waals surface area contributed by atoms with Crippen molar-refractivity contribution in [1.29, 1.82) is 0 Å². The molecule has 0 fully saturated rings. The first-order valence-corrected chi connectivity index (χ1v) is 8.94. The van der Waals surface area contributed by atoms with Crippen molar-refractivity contribution in [3.63, 3.8) is 0 Å². The number of rotatable bonds is 8. The number of likely N-dealkylation sites (N-methyl/N-ethyl adjacent to an activating group) is 1. The second-order valence-corrected chi connectivity index (χ2v) is 7.59. The van der Waals surface area contributed by atoms with E-state index in [0.29, 0.717) is 28.7 Å². The summed E-state index contributed by atoms with van der Waals surface area (Å²) in [5, 5.41) is 7.54. The van der Waals surface area contributed by atoms with Crippen molar-refractivity contribution in [2.24, 2.45) is 5.92 Å². The molecule has 0 spiro atoms. The van der Waals surface area contributed by atoms with Gasteiger partial charge in [0.2, 0.25) is 10.0 Å². The summed E-state index contributed by atoms with van der Waals surface area (Å²) in [6.07, 6.45) is 0. The summed E-state index contributed by atoms with van der Waals surface area (Å²) in [5.41, 5.74) is 1.25. The summed E-state index contributed by atoms with van der Waals surface area (Å²) >= 11 is 0. The Morgan fingerprint density at radius 1 is 1.23 bits per heavy atom. The zero-order valence-electron chi connectivity index (χ0n) is 14.3. The normalized spacial score (nSPS) is 13.2. The van der Waals surface area contributed by atoms with Crippen LogP contribution in [0.25, 0.3) is 0 Å². The van der Waals surface area contributed by atoms with E-state index >= 15 is 0 Å². The second-order valence-electron chi connectivity index (χ2n) is 5.89. The topological polar surface area (TPSA) is 76.0 Å². The van der Waals surface area contributed by atoms with Crippen LogP contribution in [0.3, 0.4) is 0 Å². The van der Waals surface area contributed by atoms with Crippen molar-refractivity contribution in [3.05, 3.63) is 11.4 Å². The van der Waals surface area contributed by atoms with Crippen LogP contribution in [0.5, 0.6) is 0 Å². The Morgan fingerprint density at radius 3 is 2.32 bits per heavy atom. The first-order chi connectivity index (χ1) is 9.69. The van der Waals surface area contributed by atoms with Gasteiger partial charge in [-0.2, -0.15) is 5.10 Å². The number of aromatic nitrogens is 2. The second kappa shape index (κ2) is 8.86. The molecule has 0 bridgehead atoms. The third-order valence-electron chi connectivity index (χ3n) is 3.25. The average Bonchev–Trinajstić information content (AvgIpc) is 2.62. The average molecular weight is 353 g/mol. The van der Waals surface area contributed by atoms with Crippen LogP contribution in [0, 0.1) is 19.8 Å². The van der Waals surface area contributed by atoms with Gasteiger partial charge in [0.15, 0.2) is 0 Å². The van der Waals surface area contributed by atoms with E-state index in [2.05, 4.69) is 29.0 Å². The number of halogens is 1. The SMILES string of the molecule is CCN[C@H](C)CNS(=O)(=O)c1c(C)nn(CC(C)C)c1C.Cl. The molecule has 0 amide bonds. The minimum atomic E-state index is -3.52. The molecule has 0 aliphatic heterocycles. The molecule has 8 heteroatoms. The van der Waals surface area contributed by atoms with Crippen molar-refractivity contribution < 1.29 is 8.42 Å². The van der Waals surface area contributed by atoms with Crippen molar-refractivity contribution in [1.82, 2.24) is 19.8 Å². The summed E-state index contributed by atoms with van der Waals surface area (Å²) in [6, 6.07) is 0.0936. The molecular formula is C14H29ClN4O2S. The Balaban J connectivity index is 0.00000441. The highest BCUT2D eigenvalue weighted by molar-refractivity contribution is 7.89. The number of hydrogen-bond acceptors (Lipinski definition) is 4. The summed E-state index contributed by atoms with van der Waals surface area (Å²) in [7, 11) is -3.52. The molecule has 6 nitrogen and oxygen atoms in total. The molecule has 0 saturated carbocycles. The molecule has 0 aromatic carbocycles. The van der Waals surface area contributed by atoms with Gasteiger partial charge in [-0.15, -0.1) is 12.4 Å². The molecule has 0 aliphatic rings. The molecule has 0 radical (unpaired) electrons. The van der Waals surface area contributed by atoms with E-state index in [9.17, 15) is 8.42 Å². The number of aryl methyl sites for hydroxylation is 1. The fourth-order valence-corrected chi connectivity index (χ4v) is 3.86. The fraction of sp³-hybridized carbons (Fsp3) is 0.786. The molecule has 0 unspecified atom stereocenters. The third-order valence-corrected chi connectivity index (χ3v) is 4.93. The minimum absolute atomic E-state index is 0. The van der Waals surface area contributed by atoms with Crippen molar-refractivity contribution in [2.75, 3.05) is 13.1 Å². The van der Waals surface area contributed by atoms with E-state index in [-0.39, 0.29) is 18.4 Å². The van der Waals surface area contributed by atoms with Crippen molar-refractivity contribution >= 4 is 22.4 Å². The predicted octanol–water partition coefficient (Wildman–Crippen LogP) is 1.85. The molecule has 2 N–H and O–H groups in total. The molecule has 22 heavy (non-hydrogen) atoms. The number of sulfonamides is 1. The van der Waals surface area contributed by atoms with E-state index in [1.165, 1.54) is 0 Å². The largest absolute Gasteiger partial charge is 0.313 e. The van der Waals surface area contributed by atoms with Crippen LogP contribution in [0.1, 0.15) is 39.1 Å². The highest BCUT2D eigenvalue weighted by Gasteiger charge is 2.24. The van der Waals surface area contributed by atoms with Gasteiger partial charge >= 0.3 is 0 Å². The summed E-state index contributed by atoms with van der Waals surface area (Å²) < 4.78 is 29.4. The Kier molecular flexibility index (Phi) is 8.61. The fourth-order valence-electron chi connectivity index (χ4n) is 2.32. The highest BCUT2D eigenvalue weighted by Crippen LogP contribution is 2.20. The quantitative estimate of drug-likeness (QED) is 0.748. The van der Waals surface area contributed by atoms with E-state index in [1.807, 2.05) is 20.8 Å². The van der Waals surface area contributed by atoms with Gasteiger partial charge in [-0.25, -0.2) is 13.1 Å². The Hall–Kier alpha value is -0.630. The smallest absolute Gasteiger partial charge is 0.244 e. The van der Waals surface area contributed by atoms with Crippen LogP contribution >= 0.6 is 12.4 Å². The lowest BCUT2D eigenvalue weighted by Gasteiger charge is -2.14. The maximum Gasteiger partial charge on any atom is 0.244 e. The lowest BCUT2D eigenvalue weighted by atomic mass is 10.2. The monoisotopic (exact) mass is 352 g/mol. The Bertz CT molecular complexity index is 570. The van der Waals surface area contributed by atoms with Gasteiger partial charge in [-0.05, 0) is 33.2 Å². The van der Waals surface area contributed by atoms with Gasteiger partial charge in [-0.1, -0.05) is 20.8 Å². The van der Waals surface area contributed by atoms with E-state index < -0.39 is 10.0 Å². The minimum Gasteiger partial charge on any atom is -0.313 e. The van der Waals surface area contributed by atoms with Crippen LogP contribution in [-0.4, -0.2) is 37.3 Å². The van der Waals surface area contributed by atoms with E-state index in [4.69, 9.17) is 0 Å². The van der Waals surface area contributed by atoms with E-state index in [1.54, 1.807) is 11.6 Å². The molecule has 1 heterocycles. The summed E-state index contributed by atoms with van der Waals surface area (Å²) in [4.78, 5) is 0.312. The van der Waals surface area contributed by atoms with Gasteiger partial charge in [0.05, 0.1) is 11.4 Å². The lowest BCUT2D eigenvalue weighted by molar-refractivity contribution is 0.471. The van der Waals surface area contributed by atoms with Gasteiger partial charge in [-0.3, -0.25) is 4.68 Å². The van der Waals surface area contributed by atoms with Crippen molar-refractivity contribution in [2.45, 2.75) is 59.0 Å². The standard InChI is InChI=1S/C14H28N4O2S.ClH/c1-7-15-11(4)8-16-21(19,20)14-12(5)17-18(13(14)6)9-10(2)3;/h10-11,15-16H,7-9H2,1-6H3;1H/t11-;/m1./s1. The van der Waals surface area contributed by atoms with Gasteiger partial charge in [0, 0.05) is 19.1 Å². The zero-order chi connectivity index (χ0) is 16.2. The lowest BCUT2D eigenvalue weighted by Crippen LogP contribution is -2.39. The van der Waals surface area contributed by atoms with Gasteiger partial charge < -0.3 is 5.32 Å². The molecule has 1 rings (SSSR count). The summed E-state index contributed by atoms with van der Waals surface area (Å²) in [5.74, 6) is 0.417. The molecule has 1 aromatic rings. The number of nitrogens with one attached hydrogen (secondary N) is 2.